The van der Waals surface area contributed by atoms with Crippen LogP contribution in [0.1, 0.15) is 17.7 Å². The fourth-order valence-electron chi connectivity index (χ4n) is 2.47. The Balaban J connectivity index is 2.18. The Kier molecular flexibility index (Phi) is 4.61. The smallest absolute Gasteiger partial charge is 0.236 e. The summed E-state index contributed by atoms with van der Waals surface area (Å²) in [4.78, 5) is 15.5. The number of amidine groups is 1. The summed E-state index contributed by atoms with van der Waals surface area (Å²) in [5.74, 6) is -0.145. The van der Waals surface area contributed by atoms with Crippen LogP contribution in [0.4, 0.5) is 0 Å². The lowest BCUT2D eigenvalue weighted by molar-refractivity contribution is -0.141. The maximum atomic E-state index is 12.7. The average molecular weight is 297 g/mol. The van der Waals surface area contributed by atoms with E-state index in [-0.39, 0.29) is 11.7 Å². The first-order chi connectivity index (χ1) is 9.60. The van der Waals surface area contributed by atoms with Gasteiger partial charge in [-0.2, -0.15) is 0 Å². The summed E-state index contributed by atoms with van der Waals surface area (Å²) in [6.45, 7) is 1.40. The van der Waals surface area contributed by atoms with Gasteiger partial charge in [-0.25, -0.2) is 0 Å². The number of carbonyl (C=O) groups excluding carboxylic acids is 1. The third kappa shape index (κ3) is 2.78. The predicted molar refractivity (Wildman–Crippen MR) is 76.7 cm³/mol. The van der Waals surface area contributed by atoms with Crippen molar-refractivity contribution in [3.63, 3.8) is 0 Å². The Morgan fingerprint density at radius 3 is 2.85 bits per heavy atom. The minimum Gasteiger partial charge on any atom is -0.409 e. The van der Waals surface area contributed by atoms with Crippen LogP contribution in [0.25, 0.3) is 0 Å². The first-order valence-corrected chi connectivity index (χ1v) is 7.32. The highest BCUT2D eigenvalue weighted by molar-refractivity contribution is 7.09. The van der Waals surface area contributed by atoms with E-state index in [0.29, 0.717) is 32.6 Å². The minimum absolute atomic E-state index is 0.0242. The minimum atomic E-state index is -0.945. The predicted octanol–water partition coefficient (Wildman–Crippen LogP) is 1.25. The molecule has 0 spiro atoms. The van der Waals surface area contributed by atoms with E-state index in [4.69, 9.17) is 15.7 Å². The van der Waals surface area contributed by atoms with Crippen molar-refractivity contribution in [2.45, 2.75) is 19.4 Å². The number of carbonyl (C=O) groups is 1. The molecule has 0 aromatic carbocycles. The zero-order valence-corrected chi connectivity index (χ0v) is 12.2. The van der Waals surface area contributed by atoms with E-state index in [0.717, 1.165) is 4.88 Å². The fraction of sp³-hybridized carbons (Fsp3) is 0.538. The van der Waals surface area contributed by atoms with Gasteiger partial charge in [0, 0.05) is 25.1 Å². The van der Waals surface area contributed by atoms with Crippen molar-refractivity contribution in [2.75, 3.05) is 20.3 Å². The standard InChI is InChI=1S/C13H19N3O3S/c1-16(9-10-3-2-8-20-10)12(17)13(11(14)15-18)4-6-19-7-5-13/h2-3,8,18H,4-7,9H2,1H3,(H2,14,15). The van der Waals surface area contributed by atoms with E-state index in [2.05, 4.69) is 5.16 Å². The molecule has 0 radical (unpaired) electrons. The highest BCUT2D eigenvalue weighted by Crippen LogP contribution is 2.33. The molecule has 1 aliphatic heterocycles. The van der Waals surface area contributed by atoms with Crippen LogP contribution in [0, 0.1) is 5.41 Å². The molecule has 3 N–H and O–H groups in total. The molecule has 0 atom stereocenters. The van der Waals surface area contributed by atoms with Crippen LogP contribution in [0.15, 0.2) is 22.7 Å². The zero-order valence-electron chi connectivity index (χ0n) is 11.4. The van der Waals surface area contributed by atoms with Gasteiger partial charge in [-0.1, -0.05) is 11.2 Å². The molecule has 1 saturated heterocycles. The Morgan fingerprint density at radius 1 is 1.60 bits per heavy atom. The van der Waals surface area contributed by atoms with E-state index in [1.54, 1.807) is 23.3 Å². The number of thiophene rings is 1. The largest absolute Gasteiger partial charge is 0.409 e. The SMILES string of the molecule is CN(Cc1cccs1)C(=O)C1(C(N)=NO)CCOCC1. The van der Waals surface area contributed by atoms with Crippen molar-refractivity contribution < 1.29 is 14.7 Å². The quantitative estimate of drug-likeness (QED) is 0.379. The Bertz CT molecular complexity index is 481. The molecule has 20 heavy (non-hydrogen) atoms. The number of hydrogen-bond donors (Lipinski definition) is 2. The highest BCUT2D eigenvalue weighted by atomic mass is 32.1. The number of ether oxygens (including phenoxy) is 1. The van der Waals surface area contributed by atoms with Crippen LogP contribution >= 0.6 is 11.3 Å². The molecule has 1 aliphatic rings. The molecule has 0 unspecified atom stereocenters. The average Bonchev–Trinajstić information content (AvgIpc) is 2.99. The summed E-state index contributed by atoms with van der Waals surface area (Å²) < 4.78 is 5.29. The van der Waals surface area contributed by atoms with Gasteiger partial charge < -0.3 is 20.6 Å². The molecule has 110 valence electrons. The third-order valence-electron chi connectivity index (χ3n) is 3.67. The lowest BCUT2D eigenvalue weighted by atomic mass is 9.77. The first kappa shape index (κ1) is 14.8. The molecule has 7 heteroatoms. The molecule has 0 bridgehead atoms. The molecule has 1 fully saturated rings. The van der Waals surface area contributed by atoms with Crippen molar-refractivity contribution in [2.24, 2.45) is 16.3 Å². The molecular weight excluding hydrogens is 278 g/mol. The summed E-state index contributed by atoms with van der Waals surface area (Å²) >= 11 is 1.60. The van der Waals surface area contributed by atoms with E-state index in [1.807, 2.05) is 17.5 Å². The van der Waals surface area contributed by atoms with Gasteiger partial charge in [0.2, 0.25) is 5.91 Å². The second kappa shape index (κ2) is 6.23. The maximum Gasteiger partial charge on any atom is 0.236 e. The second-order valence-corrected chi connectivity index (χ2v) is 5.95. The monoisotopic (exact) mass is 297 g/mol. The normalized spacial score (nSPS) is 18.8. The van der Waals surface area contributed by atoms with Gasteiger partial charge in [0.05, 0.1) is 6.54 Å². The van der Waals surface area contributed by atoms with Gasteiger partial charge in [-0.15, -0.1) is 11.3 Å². The first-order valence-electron chi connectivity index (χ1n) is 6.44. The topological polar surface area (TPSA) is 88.2 Å². The number of amides is 1. The molecule has 0 saturated carbocycles. The van der Waals surface area contributed by atoms with E-state index < -0.39 is 5.41 Å². The van der Waals surface area contributed by atoms with Gasteiger partial charge in [0.1, 0.15) is 5.41 Å². The van der Waals surface area contributed by atoms with E-state index in [9.17, 15) is 4.79 Å². The zero-order chi connectivity index (χ0) is 14.6. The molecule has 0 aliphatic carbocycles. The molecular formula is C13H19N3O3S. The summed E-state index contributed by atoms with van der Waals surface area (Å²) in [6, 6.07) is 3.93. The molecule has 2 rings (SSSR count). The number of rotatable bonds is 4. The Hall–Kier alpha value is -1.60. The van der Waals surface area contributed by atoms with Crippen LogP contribution < -0.4 is 5.73 Å². The lowest BCUT2D eigenvalue weighted by Gasteiger charge is -2.37. The van der Waals surface area contributed by atoms with Crippen molar-refractivity contribution >= 4 is 23.1 Å². The summed E-state index contributed by atoms with van der Waals surface area (Å²) in [5, 5.41) is 14.0. The van der Waals surface area contributed by atoms with Gasteiger partial charge in [-0.3, -0.25) is 4.79 Å². The summed E-state index contributed by atoms with van der Waals surface area (Å²) in [7, 11) is 1.74. The van der Waals surface area contributed by atoms with Crippen molar-refractivity contribution in [1.82, 2.24) is 4.90 Å². The number of hydrogen-bond acceptors (Lipinski definition) is 5. The van der Waals surface area contributed by atoms with E-state index in [1.165, 1.54) is 0 Å². The van der Waals surface area contributed by atoms with Crippen molar-refractivity contribution in [3.05, 3.63) is 22.4 Å². The van der Waals surface area contributed by atoms with Crippen molar-refractivity contribution in [1.29, 1.82) is 0 Å². The van der Waals surface area contributed by atoms with Gasteiger partial charge in [-0.05, 0) is 24.3 Å². The molecule has 2 heterocycles. The van der Waals surface area contributed by atoms with Gasteiger partial charge >= 0.3 is 0 Å². The summed E-state index contributed by atoms with van der Waals surface area (Å²) in [6.07, 6.45) is 0.882. The fourth-order valence-corrected chi connectivity index (χ4v) is 3.23. The van der Waals surface area contributed by atoms with Gasteiger partial charge in [0.25, 0.3) is 0 Å². The highest BCUT2D eigenvalue weighted by Gasteiger charge is 2.46. The number of nitrogens with zero attached hydrogens (tertiary/aromatic N) is 2. The molecule has 1 aromatic rings. The van der Waals surface area contributed by atoms with Crippen LogP contribution in [0.5, 0.6) is 0 Å². The number of nitrogens with two attached hydrogens (primary N) is 1. The third-order valence-corrected chi connectivity index (χ3v) is 4.53. The van der Waals surface area contributed by atoms with Crippen molar-refractivity contribution in [3.8, 4) is 0 Å². The Morgan fingerprint density at radius 2 is 2.30 bits per heavy atom. The van der Waals surface area contributed by atoms with Crippen LogP contribution in [-0.2, 0) is 16.1 Å². The molecule has 1 aromatic heterocycles. The number of oxime groups is 1. The van der Waals surface area contributed by atoms with Crippen LogP contribution in [-0.4, -0.2) is 42.1 Å². The molecule has 1 amide bonds. The molecule has 6 nitrogen and oxygen atoms in total. The lowest BCUT2D eigenvalue weighted by Crippen LogP contribution is -2.52. The van der Waals surface area contributed by atoms with E-state index >= 15 is 0 Å². The maximum absolute atomic E-state index is 12.7. The van der Waals surface area contributed by atoms with Gasteiger partial charge in [0.15, 0.2) is 5.84 Å². The van der Waals surface area contributed by atoms with Crippen LogP contribution in [0.3, 0.4) is 0 Å². The Labute approximate surface area is 121 Å². The summed E-state index contributed by atoms with van der Waals surface area (Å²) in [5.41, 5.74) is 4.85. The second-order valence-electron chi connectivity index (χ2n) is 4.92. The van der Waals surface area contributed by atoms with Crippen LogP contribution in [0.2, 0.25) is 0 Å².